The van der Waals surface area contributed by atoms with Crippen LogP contribution in [0.4, 0.5) is 11.4 Å². The normalized spacial score (nSPS) is 10.9. The van der Waals surface area contributed by atoms with Crippen molar-refractivity contribution < 1.29 is 22.9 Å². The third kappa shape index (κ3) is 6.21. The Kier molecular flexibility index (Phi) is 7.86. The zero-order chi connectivity index (χ0) is 23.8. The first-order valence-electron chi connectivity index (χ1n) is 9.75. The van der Waals surface area contributed by atoms with Crippen LogP contribution in [-0.2, 0) is 14.8 Å². The van der Waals surface area contributed by atoms with Gasteiger partial charge in [0.15, 0.2) is 0 Å². The zero-order valence-electron chi connectivity index (χ0n) is 17.3. The average molecular weight is 490 g/mol. The van der Waals surface area contributed by atoms with Gasteiger partial charge in [-0.1, -0.05) is 48.0 Å². The topological polar surface area (TPSA) is 119 Å². The molecule has 0 aliphatic carbocycles. The van der Waals surface area contributed by atoms with Crippen molar-refractivity contribution in [3.05, 3.63) is 94.0 Å². The van der Waals surface area contributed by atoms with E-state index in [4.69, 9.17) is 16.3 Å². The maximum atomic E-state index is 13.2. The molecule has 1 amide bonds. The van der Waals surface area contributed by atoms with E-state index in [1.165, 1.54) is 30.3 Å². The van der Waals surface area contributed by atoms with Crippen LogP contribution in [0.2, 0.25) is 5.02 Å². The van der Waals surface area contributed by atoms with Gasteiger partial charge in [-0.3, -0.25) is 19.2 Å². The minimum Gasteiger partial charge on any atom is -0.490 e. The Labute approximate surface area is 195 Å². The van der Waals surface area contributed by atoms with Gasteiger partial charge in [0.1, 0.15) is 18.9 Å². The number of rotatable bonds is 10. The molecule has 0 saturated carbocycles. The number of hydrogen-bond donors (Lipinski definition) is 1. The lowest BCUT2D eigenvalue weighted by molar-refractivity contribution is -0.384. The van der Waals surface area contributed by atoms with Crippen LogP contribution in [0.15, 0.2) is 83.8 Å². The predicted octanol–water partition coefficient (Wildman–Crippen LogP) is 3.64. The standard InChI is InChI=1S/C22H20ClN3O6S/c23-20-11-4-5-12-21(20)32-14-13-24-22(27)16-25(17-7-6-8-18(15-17)26(28)29)33(30,31)19-9-2-1-3-10-19/h1-12,15H,13-14,16H2,(H,24,27). The molecule has 0 atom stereocenters. The monoisotopic (exact) mass is 489 g/mol. The molecular weight excluding hydrogens is 470 g/mol. The van der Waals surface area contributed by atoms with Crippen molar-refractivity contribution in [3.63, 3.8) is 0 Å². The van der Waals surface area contributed by atoms with Gasteiger partial charge in [-0.15, -0.1) is 0 Å². The van der Waals surface area contributed by atoms with Crippen LogP contribution in [0, 0.1) is 10.1 Å². The number of non-ortho nitro benzene ring substituents is 1. The van der Waals surface area contributed by atoms with E-state index in [1.54, 1.807) is 42.5 Å². The minimum atomic E-state index is -4.17. The molecule has 0 unspecified atom stereocenters. The fourth-order valence-corrected chi connectivity index (χ4v) is 4.52. The second kappa shape index (κ2) is 10.8. The highest BCUT2D eigenvalue weighted by molar-refractivity contribution is 7.92. The molecule has 0 aliphatic heterocycles. The number of sulfonamides is 1. The Morgan fingerprint density at radius 2 is 1.73 bits per heavy atom. The number of hydrogen-bond acceptors (Lipinski definition) is 6. The van der Waals surface area contributed by atoms with Crippen molar-refractivity contribution in [2.75, 3.05) is 24.0 Å². The van der Waals surface area contributed by atoms with Gasteiger partial charge < -0.3 is 10.1 Å². The second-order valence-corrected chi connectivity index (χ2v) is 9.00. The Hall–Kier alpha value is -3.63. The molecule has 3 aromatic rings. The number of carbonyl (C=O) groups excluding carboxylic acids is 1. The number of para-hydroxylation sites is 1. The van der Waals surface area contributed by atoms with Crippen molar-refractivity contribution in [2.24, 2.45) is 0 Å². The van der Waals surface area contributed by atoms with Crippen LogP contribution in [0.5, 0.6) is 5.75 Å². The van der Waals surface area contributed by atoms with Gasteiger partial charge in [0.25, 0.3) is 15.7 Å². The van der Waals surface area contributed by atoms with E-state index < -0.39 is 27.4 Å². The Morgan fingerprint density at radius 3 is 2.42 bits per heavy atom. The first kappa shape index (κ1) is 24.0. The third-order valence-electron chi connectivity index (χ3n) is 4.47. The van der Waals surface area contributed by atoms with Gasteiger partial charge >= 0.3 is 0 Å². The number of halogens is 1. The summed E-state index contributed by atoms with van der Waals surface area (Å²) in [4.78, 5) is 23.1. The number of anilines is 1. The van der Waals surface area contributed by atoms with Crippen molar-refractivity contribution in [1.82, 2.24) is 5.32 Å². The summed E-state index contributed by atoms with van der Waals surface area (Å²) in [5, 5.41) is 14.2. The summed E-state index contributed by atoms with van der Waals surface area (Å²) in [6, 6.07) is 19.5. The Bertz CT molecular complexity index is 1240. The van der Waals surface area contributed by atoms with E-state index in [9.17, 15) is 23.3 Å². The van der Waals surface area contributed by atoms with Crippen molar-refractivity contribution in [3.8, 4) is 5.75 Å². The highest BCUT2D eigenvalue weighted by Gasteiger charge is 2.28. The molecule has 0 bridgehead atoms. The molecule has 1 N–H and O–H groups in total. The lowest BCUT2D eigenvalue weighted by Gasteiger charge is -2.24. The fraction of sp³-hybridized carbons (Fsp3) is 0.136. The molecule has 172 valence electrons. The van der Waals surface area contributed by atoms with E-state index >= 15 is 0 Å². The van der Waals surface area contributed by atoms with Gasteiger partial charge in [0.05, 0.1) is 27.1 Å². The Balaban J connectivity index is 1.75. The molecule has 9 nitrogen and oxygen atoms in total. The van der Waals surface area contributed by atoms with Crippen molar-refractivity contribution in [2.45, 2.75) is 4.90 Å². The molecule has 0 fully saturated rings. The highest BCUT2D eigenvalue weighted by atomic mass is 35.5. The van der Waals surface area contributed by atoms with Crippen LogP contribution in [0.25, 0.3) is 0 Å². The summed E-state index contributed by atoms with van der Waals surface area (Å²) in [7, 11) is -4.17. The van der Waals surface area contributed by atoms with E-state index in [0.717, 1.165) is 10.4 Å². The van der Waals surface area contributed by atoms with Crippen LogP contribution >= 0.6 is 11.6 Å². The molecule has 0 radical (unpaired) electrons. The quantitative estimate of drug-likeness (QED) is 0.264. The molecular formula is C22H20ClN3O6S. The number of nitrogens with zero attached hydrogens (tertiary/aromatic N) is 2. The molecule has 0 saturated heterocycles. The van der Waals surface area contributed by atoms with Gasteiger partial charge in [-0.2, -0.15) is 0 Å². The lowest BCUT2D eigenvalue weighted by Crippen LogP contribution is -2.42. The van der Waals surface area contributed by atoms with Gasteiger partial charge in [0, 0.05) is 12.1 Å². The van der Waals surface area contributed by atoms with Crippen LogP contribution in [-0.4, -0.2) is 38.9 Å². The first-order chi connectivity index (χ1) is 15.8. The molecule has 3 rings (SSSR count). The van der Waals surface area contributed by atoms with Crippen LogP contribution in [0.1, 0.15) is 0 Å². The summed E-state index contributed by atoms with van der Waals surface area (Å²) in [6.45, 7) is -0.375. The highest BCUT2D eigenvalue weighted by Crippen LogP contribution is 2.27. The number of amides is 1. The summed E-state index contributed by atoms with van der Waals surface area (Å²) in [5.74, 6) is -0.151. The van der Waals surface area contributed by atoms with Crippen LogP contribution in [0.3, 0.4) is 0 Å². The Morgan fingerprint density at radius 1 is 1.03 bits per heavy atom. The third-order valence-corrected chi connectivity index (χ3v) is 6.57. The number of ether oxygens (including phenoxy) is 1. The van der Waals surface area contributed by atoms with Crippen molar-refractivity contribution >= 4 is 38.9 Å². The SMILES string of the molecule is O=C(CN(c1cccc([N+](=O)[O-])c1)S(=O)(=O)c1ccccc1)NCCOc1ccccc1Cl. The zero-order valence-corrected chi connectivity index (χ0v) is 18.8. The largest absolute Gasteiger partial charge is 0.490 e. The first-order valence-corrected chi connectivity index (χ1v) is 11.6. The summed E-state index contributed by atoms with van der Waals surface area (Å²) < 4.78 is 32.8. The number of carbonyl (C=O) groups is 1. The maximum Gasteiger partial charge on any atom is 0.271 e. The van der Waals surface area contributed by atoms with E-state index in [1.807, 2.05) is 0 Å². The average Bonchev–Trinajstić information content (AvgIpc) is 2.82. The summed E-state index contributed by atoms with van der Waals surface area (Å²) >= 11 is 6.01. The maximum absolute atomic E-state index is 13.2. The fourth-order valence-electron chi connectivity index (χ4n) is 2.90. The van der Waals surface area contributed by atoms with Crippen molar-refractivity contribution in [1.29, 1.82) is 0 Å². The second-order valence-electron chi connectivity index (χ2n) is 6.73. The molecule has 0 aromatic heterocycles. The summed E-state index contributed by atoms with van der Waals surface area (Å²) in [6.07, 6.45) is 0. The van der Waals surface area contributed by atoms with E-state index in [-0.39, 0.29) is 29.4 Å². The molecule has 3 aromatic carbocycles. The van der Waals surface area contributed by atoms with Gasteiger partial charge in [-0.25, -0.2) is 8.42 Å². The molecule has 0 spiro atoms. The summed E-state index contributed by atoms with van der Waals surface area (Å²) in [5.41, 5.74) is -0.301. The van der Waals surface area contributed by atoms with Gasteiger partial charge in [-0.05, 0) is 30.3 Å². The number of benzene rings is 3. The molecule has 11 heteroatoms. The number of nitro benzene ring substituents is 1. The van der Waals surface area contributed by atoms with Crippen LogP contribution < -0.4 is 14.4 Å². The molecule has 0 heterocycles. The molecule has 0 aliphatic rings. The number of nitrogens with one attached hydrogen (secondary N) is 1. The molecule has 33 heavy (non-hydrogen) atoms. The minimum absolute atomic E-state index is 0.00415. The smallest absolute Gasteiger partial charge is 0.271 e. The lowest BCUT2D eigenvalue weighted by atomic mass is 10.3. The van der Waals surface area contributed by atoms with E-state index in [0.29, 0.717) is 10.8 Å². The number of nitro groups is 1. The van der Waals surface area contributed by atoms with Gasteiger partial charge in [0.2, 0.25) is 5.91 Å². The van der Waals surface area contributed by atoms with E-state index in [2.05, 4.69) is 5.32 Å². The predicted molar refractivity (Wildman–Crippen MR) is 124 cm³/mol.